The zero-order valence-corrected chi connectivity index (χ0v) is 13.2. The molecule has 0 amide bonds. The third-order valence-electron chi connectivity index (χ3n) is 4.96. The molecular weight excluding hydrogens is 251 g/mol. The van der Waals surface area contributed by atoms with Crippen LogP contribution in [0, 0.1) is 18.2 Å². The number of nitrogens with zero attached hydrogens (tertiary/aromatic N) is 1. The van der Waals surface area contributed by atoms with Gasteiger partial charge >= 0.3 is 0 Å². The Morgan fingerprint density at radius 1 is 1.35 bits per heavy atom. The molecular formula is C17H27FN2. The highest BCUT2D eigenvalue weighted by Crippen LogP contribution is 2.37. The molecule has 2 N–H and O–H groups in total. The highest BCUT2D eigenvalue weighted by Gasteiger charge is 2.29. The Bertz CT molecular complexity index is 474. The lowest BCUT2D eigenvalue weighted by atomic mass is 9.78. The van der Waals surface area contributed by atoms with Crippen LogP contribution >= 0.6 is 0 Å². The molecule has 20 heavy (non-hydrogen) atoms. The normalized spacial score (nSPS) is 20.0. The van der Waals surface area contributed by atoms with Crippen molar-refractivity contribution in [3.63, 3.8) is 0 Å². The van der Waals surface area contributed by atoms with Gasteiger partial charge in [0.2, 0.25) is 0 Å². The summed E-state index contributed by atoms with van der Waals surface area (Å²) in [5.74, 6) is -0.156. The molecule has 1 aromatic carbocycles. The maximum absolute atomic E-state index is 13.8. The summed E-state index contributed by atoms with van der Waals surface area (Å²) in [7, 11) is 0. The van der Waals surface area contributed by atoms with Crippen LogP contribution in [0.4, 0.5) is 10.1 Å². The molecule has 1 heterocycles. The fraction of sp³-hybridized carbons (Fsp3) is 0.647. The number of hydrogen-bond acceptors (Lipinski definition) is 2. The zero-order chi connectivity index (χ0) is 14.9. The number of rotatable bonds is 3. The van der Waals surface area contributed by atoms with Gasteiger partial charge in [-0.25, -0.2) is 4.39 Å². The average Bonchev–Trinajstić information content (AvgIpc) is 2.42. The largest absolute Gasteiger partial charge is 0.371 e. The molecule has 0 aromatic heterocycles. The molecule has 2 nitrogen and oxygen atoms in total. The Balaban J connectivity index is 2.27. The second-order valence-corrected chi connectivity index (χ2v) is 6.60. The maximum Gasteiger partial charge on any atom is 0.126 e. The van der Waals surface area contributed by atoms with Gasteiger partial charge in [0.15, 0.2) is 0 Å². The van der Waals surface area contributed by atoms with E-state index in [2.05, 4.69) is 18.7 Å². The smallest absolute Gasteiger partial charge is 0.126 e. The zero-order valence-electron chi connectivity index (χ0n) is 13.2. The maximum atomic E-state index is 13.8. The SMILES string of the molecule is CCC1(C)CCN(c2cc(C)c(F)cc2C(C)N)CC1. The van der Waals surface area contributed by atoms with Crippen LogP contribution in [0.2, 0.25) is 0 Å². The van der Waals surface area contributed by atoms with Crippen molar-refractivity contribution < 1.29 is 4.39 Å². The first-order valence-electron chi connectivity index (χ1n) is 7.67. The van der Waals surface area contributed by atoms with Crippen molar-refractivity contribution in [2.24, 2.45) is 11.1 Å². The summed E-state index contributed by atoms with van der Waals surface area (Å²) in [6.07, 6.45) is 3.61. The van der Waals surface area contributed by atoms with Gasteiger partial charge in [-0.05, 0) is 55.4 Å². The van der Waals surface area contributed by atoms with E-state index in [4.69, 9.17) is 5.73 Å². The molecule has 112 valence electrons. The molecule has 1 aliphatic rings. The van der Waals surface area contributed by atoms with Gasteiger partial charge in [0, 0.05) is 24.8 Å². The van der Waals surface area contributed by atoms with E-state index in [-0.39, 0.29) is 11.9 Å². The lowest BCUT2D eigenvalue weighted by molar-refractivity contribution is 0.238. The van der Waals surface area contributed by atoms with Crippen molar-refractivity contribution >= 4 is 5.69 Å². The second kappa shape index (κ2) is 5.72. The van der Waals surface area contributed by atoms with Gasteiger partial charge in [-0.3, -0.25) is 0 Å². The first-order valence-corrected chi connectivity index (χ1v) is 7.67. The molecule has 0 radical (unpaired) electrons. The fourth-order valence-corrected chi connectivity index (χ4v) is 2.96. The molecule has 1 aliphatic heterocycles. The van der Waals surface area contributed by atoms with Gasteiger partial charge in [-0.1, -0.05) is 20.3 Å². The minimum absolute atomic E-state index is 0.139. The average molecular weight is 278 g/mol. The van der Waals surface area contributed by atoms with Crippen LogP contribution in [0.1, 0.15) is 57.2 Å². The molecule has 1 aromatic rings. The van der Waals surface area contributed by atoms with Crippen LogP contribution in [-0.2, 0) is 0 Å². The number of nitrogens with two attached hydrogens (primary N) is 1. The van der Waals surface area contributed by atoms with Gasteiger partial charge in [0.1, 0.15) is 5.82 Å². The molecule has 1 fully saturated rings. The molecule has 3 heteroatoms. The standard InChI is InChI=1S/C17H27FN2/c1-5-17(4)6-8-20(9-7-17)16-10-12(2)15(18)11-14(16)13(3)19/h10-11,13H,5-9,19H2,1-4H3. The molecule has 2 rings (SSSR count). The molecule has 1 atom stereocenters. The number of halogens is 1. The Morgan fingerprint density at radius 3 is 2.45 bits per heavy atom. The van der Waals surface area contributed by atoms with E-state index in [1.54, 1.807) is 6.07 Å². The summed E-state index contributed by atoms with van der Waals surface area (Å²) in [5.41, 5.74) is 9.23. The third kappa shape index (κ3) is 2.98. The highest BCUT2D eigenvalue weighted by atomic mass is 19.1. The van der Waals surface area contributed by atoms with Crippen LogP contribution < -0.4 is 10.6 Å². The third-order valence-corrected chi connectivity index (χ3v) is 4.96. The molecule has 0 bridgehead atoms. The first-order chi connectivity index (χ1) is 9.36. The van der Waals surface area contributed by atoms with Crippen LogP contribution in [0.3, 0.4) is 0 Å². The van der Waals surface area contributed by atoms with Crippen LogP contribution in [-0.4, -0.2) is 13.1 Å². The van der Waals surface area contributed by atoms with E-state index in [0.29, 0.717) is 11.0 Å². The van der Waals surface area contributed by atoms with Crippen LogP contribution in [0.5, 0.6) is 0 Å². The first kappa shape index (κ1) is 15.3. The Kier molecular flexibility index (Phi) is 4.38. The minimum Gasteiger partial charge on any atom is -0.371 e. The summed E-state index contributed by atoms with van der Waals surface area (Å²) in [6.45, 7) is 10.5. The van der Waals surface area contributed by atoms with Crippen molar-refractivity contribution in [2.45, 2.75) is 53.0 Å². The molecule has 1 saturated heterocycles. The summed E-state index contributed by atoms with van der Waals surface area (Å²) in [4.78, 5) is 2.38. The van der Waals surface area contributed by atoms with Gasteiger partial charge in [0.25, 0.3) is 0 Å². The lowest BCUT2D eigenvalue weighted by Gasteiger charge is -2.41. The van der Waals surface area contributed by atoms with E-state index in [0.717, 1.165) is 24.3 Å². The second-order valence-electron chi connectivity index (χ2n) is 6.60. The molecule has 0 saturated carbocycles. The topological polar surface area (TPSA) is 29.3 Å². The van der Waals surface area contributed by atoms with Crippen molar-refractivity contribution in [2.75, 3.05) is 18.0 Å². The number of hydrogen-bond donors (Lipinski definition) is 1. The lowest BCUT2D eigenvalue weighted by Crippen LogP contribution is -2.39. The molecule has 0 aliphatic carbocycles. The van der Waals surface area contributed by atoms with Crippen molar-refractivity contribution in [1.29, 1.82) is 0 Å². The summed E-state index contributed by atoms with van der Waals surface area (Å²) in [6, 6.07) is 3.44. The van der Waals surface area contributed by atoms with Crippen molar-refractivity contribution in [3.05, 3.63) is 29.1 Å². The van der Waals surface area contributed by atoms with Crippen LogP contribution in [0.15, 0.2) is 12.1 Å². The monoisotopic (exact) mass is 278 g/mol. The number of benzene rings is 1. The number of aryl methyl sites for hydroxylation is 1. The van der Waals surface area contributed by atoms with Crippen molar-refractivity contribution in [3.8, 4) is 0 Å². The molecule has 1 unspecified atom stereocenters. The minimum atomic E-state index is -0.156. The van der Waals surface area contributed by atoms with E-state index in [1.807, 2.05) is 19.9 Å². The van der Waals surface area contributed by atoms with E-state index in [9.17, 15) is 4.39 Å². The molecule has 0 spiro atoms. The summed E-state index contributed by atoms with van der Waals surface area (Å²) in [5, 5.41) is 0. The Labute approximate surface area is 122 Å². The fourth-order valence-electron chi connectivity index (χ4n) is 2.96. The summed E-state index contributed by atoms with van der Waals surface area (Å²) < 4.78 is 13.8. The van der Waals surface area contributed by atoms with Crippen LogP contribution in [0.25, 0.3) is 0 Å². The quantitative estimate of drug-likeness (QED) is 0.899. The summed E-state index contributed by atoms with van der Waals surface area (Å²) >= 11 is 0. The highest BCUT2D eigenvalue weighted by molar-refractivity contribution is 5.57. The Morgan fingerprint density at radius 2 is 1.95 bits per heavy atom. The van der Waals surface area contributed by atoms with Gasteiger partial charge in [-0.15, -0.1) is 0 Å². The van der Waals surface area contributed by atoms with E-state index >= 15 is 0 Å². The predicted molar refractivity (Wildman–Crippen MR) is 83.6 cm³/mol. The van der Waals surface area contributed by atoms with E-state index < -0.39 is 0 Å². The van der Waals surface area contributed by atoms with E-state index in [1.165, 1.54) is 19.3 Å². The number of piperidine rings is 1. The predicted octanol–water partition coefficient (Wildman–Crippen LogP) is 4.17. The number of anilines is 1. The van der Waals surface area contributed by atoms with Crippen molar-refractivity contribution in [1.82, 2.24) is 0 Å². The van der Waals surface area contributed by atoms with Gasteiger partial charge in [0.05, 0.1) is 0 Å². The van der Waals surface area contributed by atoms with Gasteiger partial charge in [-0.2, -0.15) is 0 Å². The Hall–Kier alpha value is -1.09. The van der Waals surface area contributed by atoms with Gasteiger partial charge < -0.3 is 10.6 Å².